The Kier molecular flexibility index (Phi) is 7.04. The minimum absolute atomic E-state index is 0.140. The number of carbonyl (C=O) groups excluding carboxylic acids is 1. The van der Waals surface area contributed by atoms with Crippen LogP contribution in [0.2, 0.25) is 0 Å². The van der Waals surface area contributed by atoms with E-state index in [2.05, 4.69) is 15.5 Å². The van der Waals surface area contributed by atoms with E-state index in [1.807, 2.05) is 31.2 Å². The molecule has 0 unspecified atom stereocenters. The number of hydrogen-bond acceptors (Lipinski definition) is 7. The molecule has 0 saturated carbocycles. The third-order valence-electron chi connectivity index (χ3n) is 4.62. The van der Waals surface area contributed by atoms with Gasteiger partial charge in [-0.1, -0.05) is 41.2 Å². The second kappa shape index (κ2) is 9.54. The first-order valence-electron chi connectivity index (χ1n) is 9.50. The second-order valence-electron chi connectivity index (χ2n) is 7.09. The van der Waals surface area contributed by atoms with Crippen molar-refractivity contribution in [2.75, 3.05) is 26.5 Å². The molecule has 1 heterocycles. The zero-order valence-corrected chi connectivity index (χ0v) is 19.4. The third-order valence-corrected chi connectivity index (χ3v) is 7.32. The molecular weight excluding hydrogens is 436 g/mol. The van der Waals surface area contributed by atoms with Crippen LogP contribution in [0.4, 0.5) is 5.13 Å². The number of ether oxygens (including phenoxy) is 1. The van der Waals surface area contributed by atoms with Crippen LogP contribution >= 0.6 is 11.3 Å². The van der Waals surface area contributed by atoms with Crippen LogP contribution in [0.1, 0.15) is 17.5 Å². The summed E-state index contributed by atoms with van der Waals surface area (Å²) in [6.45, 7) is 2.01. The Hall–Kier alpha value is -2.82. The lowest BCUT2D eigenvalue weighted by Crippen LogP contribution is -2.22. The molecule has 8 nitrogen and oxygen atoms in total. The summed E-state index contributed by atoms with van der Waals surface area (Å²) in [4.78, 5) is 12.6. The second-order valence-corrected chi connectivity index (χ2v) is 10.2. The van der Waals surface area contributed by atoms with Crippen molar-refractivity contribution >= 4 is 32.4 Å². The average molecular weight is 461 g/mol. The summed E-state index contributed by atoms with van der Waals surface area (Å²) in [6.07, 6.45) is 0.455. The van der Waals surface area contributed by atoms with E-state index in [0.29, 0.717) is 22.9 Å². The number of aromatic nitrogens is 2. The molecule has 31 heavy (non-hydrogen) atoms. The van der Waals surface area contributed by atoms with E-state index < -0.39 is 10.0 Å². The van der Waals surface area contributed by atoms with E-state index in [-0.39, 0.29) is 17.2 Å². The first kappa shape index (κ1) is 22.9. The Bertz CT molecular complexity index is 1170. The highest BCUT2D eigenvalue weighted by Crippen LogP contribution is 2.27. The molecule has 10 heteroatoms. The number of aryl methyl sites for hydroxylation is 2. The van der Waals surface area contributed by atoms with Gasteiger partial charge >= 0.3 is 0 Å². The monoisotopic (exact) mass is 460 g/mol. The van der Waals surface area contributed by atoms with Gasteiger partial charge in [-0.25, -0.2) is 12.7 Å². The number of carbonyl (C=O) groups is 1. The Morgan fingerprint density at radius 2 is 1.84 bits per heavy atom. The first-order valence-corrected chi connectivity index (χ1v) is 11.8. The highest BCUT2D eigenvalue weighted by molar-refractivity contribution is 7.89. The summed E-state index contributed by atoms with van der Waals surface area (Å²) in [5, 5.41) is 12.1. The molecule has 0 aliphatic rings. The van der Waals surface area contributed by atoms with E-state index in [0.717, 1.165) is 20.4 Å². The lowest BCUT2D eigenvalue weighted by Gasteiger charge is -2.14. The van der Waals surface area contributed by atoms with Crippen LogP contribution in [-0.2, 0) is 21.2 Å². The maximum absolute atomic E-state index is 12.4. The van der Waals surface area contributed by atoms with E-state index >= 15 is 0 Å². The normalized spacial score (nSPS) is 11.5. The van der Waals surface area contributed by atoms with Gasteiger partial charge in [0.25, 0.3) is 0 Å². The minimum Gasteiger partial charge on any atom is -0.496 e. The van der Waals surface area contributed by atoms with Gasteiger partial charge in [0.2, 0.25) is 21.1 Å². The molecule has 0 spiro atoms. The summed E-state index contributed by atoms with van der Waals surface area (Å²) in [7, 11) is 0.873. The Morgan fingerprint density at radius 1 is 1.13 bits per heavy atom. The van der Waals surface area contributed by atoms with Crippen LogP contribution in [0.5, 0.6) is 5.75 Å². The zero-order valence-electron chi connectivity index (χ0n) is 17.7. The topological polar surface area (TPSA) is 101 Å². The van der Waals surface area contributed by atoms with E-state index in [4.69, 9.17) is 4.74 Å². The number of nitrogens with one attached hydrogen (secondary N) is 1. The van der Waals surface area contributed by atoms with Gasteiger partial charge in [0.1, 0.15) is 10.8 Å². The largest absolute Gasteiger partial charge is 0.496 e. The number of methoxy groups -OCH3 is 1. The van der Waals surface area contributed by atoms with Crippen LogP contribution in [0, 0.1) is 6.92 Å². The number of anilines is 1. The van der Waals surface area contributed by atoms with Gasteiger partial charge in [-0.2, -0.15) is 0 Å². The smallest absolute Gasteiger partial charge is 0.242 e. The maximum atomic E-state index is 12.4. The van der Waals surface area contributed by atoms with Gasteiger partial charge in [-0.15, -0.1) is 10.2 Å². The van der Waals surface area contributed by atoms with Gasteiger partial charge in [0.05, 0.1) is 12.0 Å². The molecule has 0 aliphatic heterocycles. The fraction of sp³-hybridized carbons (Fsp3) is 0.286. The maximum Gasteiger partial charge on any atom is 0.242 e. The van der Waals surface area contributed by atoms with Gasteiger partial charge in [-0.3, -0.25) is 4.79 Å². The van der Waals surface area contributed by atoms with Crippen molar-refractivity contribution < 1.29 is 17.9 Å². The molecule has 164 valence electrons. The fourth-order valence-electron chi connectivity index (χ4n) is 2.84. The predicted molar refractivity (Wildman–Crippen MR) is 121 cm³/mol. The first-order chi connectivity index (χ1) is 14.7. The number of nitrogens with zero attached hydrogens (tertiary/aromatic N) is 3. The highest BCUT2D eigenvalue weighted by atomic mass is 32.2. The van der Waals surface area contributed by atoms with Gasteiger partial charge in [0.15, 0.2) is 0 Å². The minimum atomic E-state index is -3.58. The van der Waals surface area contributed by atoms with Crippen molar-refractivity contribution in [3.05, 3.63) is 53.6 Å². The molecule has 0 aliphatic carbocycles. The quantitative estimate of drug-likeness (QED) is 0.553. The van der Waals surface area contributed by atoms with Gasteiger partial charge < -0.3 is 10.1 Å². The van der Waals surface area contributed by atoms with Crippen LogP contribution in [-0.4, -0.2) is 50.0 Å². The van der Waals surface area contributed by atoms with E-state index in [1.54, 1.807) is 12.1 Å². The van der Waals surface area contributed by atoms with Crippen molar-refractivity contribution in [3.63, 3.8) is 0 Å². The Balaban J connectivity index is 1.68. The molecule has 0 bridgehead atoms. The zero-order chi connectivity index (χ0) is 22.6. The van der Waals surface area contributed by atoms with Crippen LogP contribution < -0.4 is 10.1 Å². The summed E-state index contributed by atoms with van der Waals surface area (Å²) >= 11 is 1.29. The molecule has 1 N–H and O–H groups in total. The van der Waals surface area contributed by atoms with Crippen molar-refractivity contribution in [1.82, 2.24) is 14.5 Å². The number of hydrogen-bond donors (Lipinski definition) is 1. The molecule has 1 amide bonds. The molecule has 0 saturated heterocycles. The highest BCUT2D eigenvalue weighted by Gasteiger charge is 2.19. The molecule has 0 atom stereocenters. The molecule has 0 fully saturated rings. The van der Waals surface area contributed by atoms with Crippen molar-refractivity contribution in [3.8, 4) is 16.3 Å². The van der Waals surface area contributed by atoms with Gasteiger partial charge in [0, 0.05) is 26.1 Å². The molecule has 1 aromatic heterocycles. The third kappa shape index (κ3) is 5.46. The molecule has 3 rings (SSSR count). The predicted octanol–water partition coefficient (Wildman–Crippen LogP) is 3.34. The number of rotatable bonds is 8. The molecular formula is C21H24N4O4S2. The average Bonchev–Trinajstić information content (AvgIpc) is 3.20. The number of amides is 1. The van der Waals surface area contributed by atoms with Crippen molar-refractivity contribution in [2.45, 2.75) is 24.7 Å². The summed E-state index contributed by atoms with van der Waals surface area (Å²) < 4.78 is 31.3. The molecule has 0 radical (unpaired) electrons. The molecule has 2 aromatic carbocycles. The fourth-order valence-corrected chi connectivity index (χ4v) is 4.56. The van der Waals surface area contributed by atoms with E-state index in [1.165, 1.54) is 38.6 Å². The Labute approximate surface area is 185 Å². The SMILES string of the molecule is COc1ccc(S(=O)(=O)N(C)C)cc1CCC(=O)Nc1nnc(-c2ccc(C)cc2)s1. The van der Waals surface area contributed by atoms with Crippen LogP contribution in [0.3, 0.4) is 0 Å². The van der Waals surface area contributed by atoms with Crippen LogP contribution in [0.25, 0.3) is 10.6 Å². The van der Waals surface area contributed by atoms with Crippen LogP contribution in [0.15, 0.2) is 47.4 Å². The lowest BCUT2D eigenvalue weighted by atomic mass is 10.1. The number of sulfonamides is 1. The Morgan fingerprint density at radius 3 is 2.48 bits per heavy atom. The summed E-state index contributed by atoms with van der Waals surface area (Å²) in [5.41, 5.74) is 2.73. The van der Waals surface area contributed by atoms with Gasteiger partial charge in [-0.05, 0) is 37.1 Å². The standard InChI is InChI=1S/C21H24N4O4S2/c1-14-5-7-15(8-6-14)20-23-24-21(30-20)22-19(26)12-9-16-13-17(10-11-18(16)29-4)31(27,28)25(2)3/h5-8,10-11,13H,9,12H2,1-4H3,(H,22,24,26). The lowest BCUT2D eigenvalue weighted by molar-refractivity contribution is -0.116. The van der Waals surface area contributed by atoms with Crippen molar-refractivity contribution in [1.29, 1.82) is 0 Å². The number of benzene rings is 2. The summed E-state index contributed by atoms with van der Waals surface area (Å²) in [6, 6.07) is 12.5. The van der Waals surface area contributed by atoms with Crippen molar-refractivity contribution in [2.24, 2.45) is 0 Å². The molecule has 3 aromatic rings. The summed E-state index contributed by atoms with van der Waals surface area (Å²) in [5.74, 6) is 0.289. The van der Waals surface area contributed by atoms with E-state index in [9.17, 15) is 13.2 Å².